The molecule has 0 saturated carbocycles. The molecule has 1 saturated heterocycles. The van der Waals surface area contributed by atoms with Crippen LogP contribution in [0.1, 0.15) is 34.6 Å². The van der Waals surface area contributed by atoms with E-state index in [1.54, 1.807) is 30.0 Å². The van der Waals surface area contributed by atoms with Gasteiger partial charge in [-0.2, -0.15) is 0 Å². The molecule has 1 fully saturated rings. The molecule has 1 aromatic carbocycles. The van der Waals surface area contributed by atoms with E-state index in [0.29, 0.717) is 37.6 Å². The van der Waals surface area contributed by atoms with E-state index in [4.69, 9.17) is 0 Å². The lowest BCUT2D eigenvalue weighted by Gasteiger charge is -2.40. The Kier molecular flexibility index (Phi) is 7.53. The Hall–Kier alpha value is -3.33. The van der Waals surface area contributed by atoms with Crippen molar-refractivity contribution in [1.29, 1.82) is 0 Å². The Labute approximate surface area is 187 Å². The van der Waals surface area contributed by atoms with Crippen LogP contribution in [-0.4, -0.2) is 71.1 Å². The average molecular weight is 441 g/mol. The van der Waals surface area contributed by atoms with E-state index in [9.17, 15) is 14.0 Å². The SMILES string of the molecule is C=CC(=O)N1CCN(CC(Nc2ccc(C(=O)NC)nn2)c2ccc(C)c(F)c2)C[C@H]1C. The third kappa shape index (κ3) is 5.47. The number of halogens is 1. The third-order valence-electron chi connectivity index (χ3n) is 5.65. The van der Waals surface area contributed by atoms with Gasteiger partial charge < -0.3 is 15.5 Å². The van der Waals surface area contributed by atoms with E-state index in [1.807, 2.05) is 13.0 Å². The number of nitrogens with one attached hydrogen (secondary N) is 2. The van der Waals surface area contributed by atoms with Crippen molar-refractivity contribution in [3.05, 3.63) is 65.6 Å². The van der Waals surface area contributed by atoms with Crippen molar-refractivity contribution in [3.8, 4) is 0 Å². The molecular formula is C23H29FN6O2. The van der Waals surface area contributed by atoms with Gasteiger partial charge in [0.05, 0.1) is 6.04 Å². The summed E-state index contributed by atoms with van der Waals surface area (Å²) in [6.45, 7) is 9.87. The molecule has 1 unspecified atom stereocenters. The molecule has 1 aliphatic heterocycles. The van der Waals surface area contributed by atoms with Crippen molar-refractivity contribution in [3.63, 3.8) is 0 Å². The van der Waals surface area contributed by atoms with Gasteiger partial charge in [-0.15, -0.1) is 10.2 Å². The first-order chi connectivity index (χ1) is 15.3. The molecule has 32 heavy (non-hydrogen) atoms. The Bertz CT molecular complexity index is 981. The summed E-state index contributed by atoms with van der Waals surface area (Å²) in [5.41, 5.74) is 1.57. The lowest BCUT2D eigenvalue weighted by Crippen LogP contribution is -2.54. The summed E-state index contributed by atoms with van der Waals surface area (Å²) in [4.78, 5) is 27.8. The Balaban J connectivity index is 1.79. The number of carbonyl (C=O) groups is 2. The number of hydrogen-bond donors (Lipinski definition) is 2. The minimum atomic E-state index is -0.317. The van der Waals surface area contributed by atoms with Gasteiger partial charge in [-0.3, -0.25) is 14.5 Å². The van der Waals surface area contributed by atoms with Crippen LogP contribution in [0.15, 0.2) is 43.0 Å². The van der Waals surface area contributed by atoms with Crippen LogP contribution >= 0.6 is 0 Å². The second-order valence-corrected chi connectivity index (χ2v) is 7.93. The highest BCUT2D eigenvalue weighted by Crippen LogP contribution is 2.23. The number of benzene rings is 1. The molecule has 2 heterocycles. The quantitative estimate of drug-likeness (QED) is 0.642. The van der Waals surface area contributed by atoms with Gasteiger partial charge in [0.2, 0.25) is 5.91 Å². The van der Waals surface area contributed by atoms with Crippen LogP contribution in [0.5, 0.6) is 0 Å². The molecule has 170 valence electrons. The van der Waals surface area contributed by atoms with Crippen molar-refractivity contribution >= 4 is 17.6 Å². The molecule has 2 amide bonds. The topological polar surface area (TPSA) is 90.5 Å². The molecule has 3 rings (SSSR count). The lowest BCUT2D eigenvalue weighted by atomic mass is 10.0. The smallest absolute Gasteiger partial charge is 0.271 e. The molecule has 2 atom stereocenters. The van der Waals surface area contributed by atoms with E-state index in [0.717, 1.165) is 5.56 Å². The molecule has 1 aliphatic rings. The average Bonchev–Trinajstić information content (AvgIpc) is 2.80. The van der Waals surface area contributed by atoms with Gasteiger partial charge in [0, 0.05) is 39.3 Å². The van der Waals surface area contributed by atoms with Gasteiger partial charge in [-0.1, -0.05) is 18.7 Å². The number of rotatable bonds is 7. The van der Waals surface area contributed by atoms with E-state index in [1.165, 1.54) is 19.2 Å². The molecule has 0 radical (unpaired) electrons. The fourth-order valence-corrected chi connectivity index (χ4v) is 3.80. The number of hydrogen-bond acceptors (Lipinski definition) is 6. The van der Waals surface area contributed by atoms with Gasteiger partial charge in [0.1, 0.15) is 11.6 Å². The monoisotopic (exact) mass is 440 g/mol. The Morgan fingerprint density at radius 1 is 1.28 bits per heavy atom. The van der Waals surface area contributed by atoms with Crippen LogP contribution in [0.25, 0.3) is 0 Å². The van der Waals surface area contributed by atoms with Crippen LogP contribution in [0.3, 0.4) is 0 Å². The summed E-state index contributed by atoms with van der Waals surface area (Å²) in [6, 6.07) is 8.21. The number of anilines is 1. The first kappa shape index (κ1) is 23.3. The van der Waals surface area contributed by atoms with E-state index < -0.39 is 0 Å². The van der Waals surface area contributed by atoms with Gasteiger partial charge >= 0.3 is 0 Å². The molecule has 0 bridgehead atoms. The van der Waals surface area contributed by atoms with Crippen molar-refractivity contribution < 1.29 is 14.0 Å². The molecule has 1 aromatic heterocycles. The van der Waals surface area contributed by atoms with Crippen LogP contribution in [0.4, 0.5) is 10.2 Å². The van der Waals surface area contributed by atoms with Crippen molar-refractivity contribution in [2.45, 2.75) is 25.9 Å². The fraction of sp³-hybridized carbons (Fsp3) is 0.391. The standard InChI is InChI=1S/C23H29FN6O2/c1-5-22(31)30-11-10-29(13-16(30)3)14-20(17-7-6-15(2)18(24)12-17)26-21-9-8-19(27-28-21)23(32)25-4/h5-9,12,16,20H,1,10-11,13-14H2,2-4H3,(H,25,32)(H,26,28)/t16-,20?/m1/s1. The predicted octanol–water partition coefficient (Wildman–Crippen LogP) is 2.16. The van der Waals surface area contributed by atoms with Crippen LogP contribution < -0.4 is 10.6 Å². The molecule has 2 N–H and O–H groups in total. The van der Waals surface area contributed by atoms with Gasteiger partial charge in [-0.05, 0) is 49.2 Å². The summed E-state index contributed by atoms with van der Waals surface area (Å²) in [5.74, 6) is -0.177. The highest BCUT2D eigenvalue weighted by atomic mass is 19.1. The first-order valence-electron chi connectivity index (χ1n) is 10.6. The van der Waals surface area contributed by atoms with Crippen molar-refractivity contribution in [2.24, 2.45) is 0 Å². The highest BCUT2D eigenvalue weighted by molar-refractivity contribution is 5.91. The Morgan fingerprint density at radius 2 is 2.06 bits per heavy atom. The molecule has 0 spiro atoms. The van der Waals surface area contributed by atoms with Crippen LogP contribution in [0, 0.1) is 12.7 Å². The van der Waals surface area contributed by atoms with Gasteiger partial charge in [0.25, 0.3) is 5.91 Å². The summed E-state index contributed by atoms with van der Waals surface area (Å²) in [5, 5.41) is 13.9. The maximum absolute atomic E-state index is 14.3. The lowest BCUT2D eigenvalue weighted by molar-refractivity contribution is -0.130. The largest absolute Gasteiger partial charge is 0.360 e. The summed E-state index contributed by atoms with van der Waals surface area (Å²) < 4.78 is 14.3. The van der Waals surface area contributed by atoms with Gasteiger partial charge in [0.15, 0.2) is 5.69 Å². The zero-order chi connectivity index (χ0) is 23.3. The number of nitrogens with zero attached hydrogens (tertiary/aromatic N) is 4. The van der Waals surface area contributed by atoms with Crippen molar-refractivity contribution in [2.75, 3.05) is 38.5 Å². The zero-order valence-corrected chi connectivity index (χ0v) is 18.6. The minimum Gasteiger partial charge on any atom is -0.360 e. The molecular weight excluding hydrogens is 411 g/mol. The second-order valence-electron chi connectivity index (χ2n) is 7.93. The maximum atomic E-state index is 14.3. The third-order valence-corrected chi connectivity index (χ3v) is 5.65. The van der Waals surface area contributed by atoms with Crippen LogP contribution in [-0.2, 0) is 4.79 Å². The molecule has 0 aliphatic carbocycles. The van der Waals surface area contributed by atoms with Crippen LogP contribution in [0.2, 0.25) is 0 Å². The number of carbonyl (C=O) groups excluding carboxylic acids is 2. The summed E-state index contributed by atoms with van der Waals surface area (Å²) in [6.07, 6.45) is 1.34. The number of piperazine rings is 1. The number of amides is 2. The maximum Gasteiger partial charge on any atom is 0.271 e. The number of aromatic nitrogens is 2. The highest BCUT2D eigenvalue weighted by Gasteiger charge is 2.28. The molecule has 8 nitrogen and oxygen atoms in total. The number of aryl methyl sites for hydroxylation is 1. The van der Waals surface area contributed by atoms with E-state index >= 15 is 0 Å². The zero-order valence-electron chi connectivity index (χ0n) is 18.6. The second kappa shape index (κ2) is 10.3. The predicted molar refractivity (Wildman–Crippen MR) is 121 cm³/mol. The summed E-state index contributed by atoms with van der Waals surface area (Å²) >= 11 is 0. The normalized spacial score (nSPS) is 17.5. The summed E-state index contributed by atoms with van der Waals surface area (Å²) in [7, 11) is 1.53. The minimum absolute atomic E-state index is 0.0382. The Morgan fingerprint density at radius 3 is 2.66 bits per heavy atom. The first-order valence-corrected chi connectivity index (χ1v) is 10.6. The van der Waals surface area contributed by atoms with E-state index in [-0.39, 0.29) is 35.4 Å². The van der Waals surface area contributed by atoms with E-state index in [2.05, 4.69) is 32.3 Å². The fourth-order valence-electron chi connectivity index (χ4n) is 3.80. The van der Waals surface area contributed by atoms with Crippen molar-refractivity contribution in [1.82, 2.24) is 25.3 Å². The molecule has 9 heteroatoms. The van der Waals surface area contributed by atoms with Gasteiger partial charge in [-0.25, -0.2) is 4.39 Å². The molecule has 2 aromatic rings.